The molecule has 0 aliphatic carbocycles. The van der Waals surface area contributed by atoms with E-state index in [9.17, 15) is 19.7 Å². The number of aromatic nitrogens is 4. The maximum Gasteiger partial charge on any atom is 0.332 e. The Morgan fingerprint density at radius 3 is 2.68 bits per heavy atom. The van der Waals surface area contributed by atoms with Crippen molar-refractivity contribution in [2.75, 3.05) is 6.61 Å². The summed E-state index contributed by atoms with van der Waals surface area (Å²) in [5.74, 6) is 0. The van der Waals surface area contributed by atoms with E-state index >= 15 is 0 Å². The Hall–Kier alpha value is -2.65. The van der Waals surface area contributed by atoms with Gasteiger partial charge in [0.05, 0.1) is 12.9 Å². The fraction of sp³-hybridized carbons (Fsp3) is 0.583. The van der Waals surface area contributed by atoms with Gasteiger partial charge in [0, 0.05) is 19.6 Å². The fourth-order valence-corrected chi connectivity index (χ4v) is 2.27. The minimum absolute atomic E-state index is 0.0726. The molecule has 0 aliphatic rings. The summed E-state index contributed by atoms with van der Waals surface area (Å²) in [6, 6.07) is -0.150. The normalized spacial score (nSPS) is 11.3. The predicted molar refractivity (Wildman–Crippen MR) is 77.2 cm³/mol. The average Bonchev–Trinajstić information content (AvgIpc) is 2.84. The van der Waals surface area contributed by atoms with Crippen molar-refractivity contribution < 1.29 is 9.92 Å². The maximum absolute atomic E-state index is 12.3. The number of nitrogens with zero attached hydrogens (tertiary/aromatic N) is 5. The van der Waals surface area contributed by atoms with E-state index in [2.05, 4.69) is 9.82 Å². The second-order valence-electron chi connectivity index (χ2n) is 5.13. The molecule has 2 aromatic rings. The number of hydrogen-bond acceptors (Lipinski definition) is 6. The van der Waals surface area contributed by atoms with Crippen LogP contribution >= 0.6 is 0 Å². The molecular formula is C12H17N5O5. The molecule has 0 aromatic carbocycles. The highest BCUT2D eigenvalue weighted by Gasteiger charge is 2.17. The number of hydrogen-bond donors (Lipinski definition) is 0. The van der Waals surface area contributed by atoms with Crippen LogP contribution < -0.4 is 11.2 Å². The van der Waals surface area contributed by atoms with E-state index in [0.717, 1.165) is 4.57 Å². The quantitative estimate of drug-likeness (QED) is 0.424. The molecule has 0 saturated carbocycles. The lowest BCUT2D eigenvalue weighted by Gasteiger charge is -2.12. The molecule has 0 aliphatic heterocycles. The van der Waals surface area contributed by atoms with Crippen LogP contribution in [0.2, 0.25) is 0 Å². The van der Waals surface area contributed by atoms with Crippen LogP contribution in [0, 0.1) is 10.1 Å². The monoisotopic (exact) mass is 311 g/mol. The molecule has 0 bridgehead atoms. The molecule has 0 N–H and O–H groups in total. The topological polar surface area (TPSA) is 114 Å². The Kier molecular flexibility index (Phi) is 4.29. The SMILES string of the molecule is CC(C)n1c(=O)n(C)c(=O)c2c1ncn2CCCO[N+](=O)[O-]. The molecule has 120 valence electrons. The van der Waals surface area contributed by atoms with Crippen molar-refractivity contribution in [2.24, 2.45) is 7.05 Å². The molecule has 0 fully saturated rings. The van der Waals surface area contributed by atoms with Crippen molar-refractivity contribution in [1.29, 1.82) is 0 Å². The molecule has 2 heterocycles. The van der Waals surface area contributed by atoms with Gasteiger partial charge >= 0.3 is 5.69 Å². The number of rotatable bonds is 6. The standard InChI is InChI=1S/C12H17N5O5/c1-8(2)16-10-9(11(18)14(3)12(16)19)15(7-13-10)5-4-6-22-17(20)21/h7-8H,4-6H2,1-3H3. The van der Waals surface area contributed by atoms with Crippen molar-refractivity contribution in [3.05, 3.63) is 37.3 Å². The zero-order valence-corrected chi connectivity index (χ0v) is 12.6. The summed E-state index contributed by atoms with van der Waals surface area (Å²) in [7, 11) is 1.41. The van der Waals surface area contributed by atoms with Gasteiger partial charge in [-0.1, -0.05) is 0 Å². The van der Waals surface area contributed by atoms with Crippen molar-refractivity contribution in [3.63, 3.8) is 0 Å². The lowest BCUT2D eigenvalue weighted by molar-refractivity contribution is -0.757. The zero-order valence-electron chi connectivity index (χ0n) is 12.6. The molecule has 2 rings (SSSR count). The third kappa shape index (κ3) is 2.71. The molecule has 0 unspecified atom stereocenters. The summed E-state index contributed by atoms with van der Waals surface area (Å²) in [5.41, 5.74) is -0.241. The first-order chi connectivity index (χ1) is 10.3. The second kappa shape index (κ2) is 6.00. The number of fused-ring (bicyclic) bond motifs is 1. The van der Waals surface area contributed by atoms with Gasteiger partial charge in [0.1, 0.15) is 0 Å². The molecule has 0 saturated heterocycles. The lowest BCUT2D eigenvalue weighted by Crippen LogP contribution is -2.39. The van der Waals surface area contributed by atoms with Gasteiger partial charge in [-0.05, 0) is 20.3 Å². The summed E-state index contributed by atoms with van der Waals surface area (Å²) >= 11 is 0. The Morgan fingerprint density at radius 1 is 1.41 bits per heavy atom. The highest BCUT2D eigenvalue weighted by Crippen LogP contribution is 2.11. The van der Waals surface area contributed by atoms with Crippen LogP contribution in [0.4, 0.5) is 0 Å². The number of aryl methyl sites for hydroxylation is 1. The van der Waals surface area contributed by atoms with E-state index in [4.69, 9.17) is 0 Å². The molecule has 22 heavy (non-hydrogen) atoms. The molecule has 0 atom stereocenters. The Morgan fingerprint density at radius 2 is 2.09 bits per heavy atom. The molecule has 10 heteroatoms. The zero-order chi connectivity index (χ0) is 16.4. The Balaban J connectivity index is 2.45. The largest absolute Gasteiger partial charge is 0.332 e. The summed E-state index contributed by atoms with van der Waals surface area (Å²) in [6.45, 7) is 3.91. The van der Waals surface area contributed by atoms with Crippen LogP contribution in [-0.4, -0.2) is 30.4 Å². The summed E-state index contributed by atoms with van der Waals surface area (Å²) in [4.78, 5) is 43.0. The van der Waals surface area contributed by atoms with Crippen LogP contribution in [0.15, 0.2) is 15.9 Å². The van der Waals surface area contributed by atoms with Crippen LogP contribution in [0.25, 0.3) is 11.2 Å². The van der Waals surface area contributed by atoms with Crippen LogP contribution in [-0.2, 0) is 18.4 Å². The molecule has 2 aromatic heterocycles. The lowest BCUT2D eigenvalue weighted by atomic mass is 10.3. The Bertz CT molecular complexity index is 816. The van der Waals surface area contributed by atoms with Crippen molar-refractivity contribution in [2.45, 2.75) is 32.9 Å². The predicted octanol–water partition coefficient (Wildman–Crippen LogP) is 0.0760. The van der Waals surface area contributed by atoms with Gasteiger partial charge in [-0.3, -0.25) is 13.9 Å². The van der Waals surface area contributed by atoms with Gasteiger partial charge in [-0.15, -0.1) is 10.1 Å². The highest BCUT2D eigenvalue weighted by molar-refractivity contribution is 5.70. The first-order valence-electron chi connectivity index (χ1n) is 6.78. The van der Waals surface area contributed by atoms with E-state index in [1.54, 1.807) is 4.57 Å². The maximum atomic E-state index is 12.3. The van der Waals surface area contributed by atoms with Gasteiger partial charge in [-0.2, -0.15) is 0 Å². The van der Waals surface area contributed by atoms with E-state index in [1.807, 2.05) is 13.8 Å². The highest BCUT2D eigenvalue weighted by atomic mass is 16.9. The average molecular weight is 311 g/mol. The molecule has 10 nitrogen and oxygen atoms in total. The van der Waals surface area contributed by atoms with Crippen LogP contribution in [0.5, 0.6) is 0 Å². The van der Waals surface area contributed by atoms with Crippen LogP contribution in [0.1, 0.15) is 26.3 Å². The van der Waals surface area contributed by atoms with Crippen molar-refractivity contribution in [1.82, 2.24) is 18.7 Å². The van der Waals surface area contributed by atoms with Gasteiger partial charge < -0.3 is 9.40 Å². The van der Waals surface area contributed by atoms with Gasteiger partial charge in [0.15, 0.2) is 11.2 Å². The fourth-order valence-electron chi connectivity index (χ4n) is 2.27. The van der Waals surface area contributed by atoms with E-state index in [1.165, 1.54) is 17.9 Å². The van der Waals surface area contributed by atoms with E-state index < -0.39 is 16.3 Å². The Labute approximate surface area is 124 Å². The van der Waals surface area contributed by atoms with Crippen molar-refractivity contribution in [3.8, 4) is 0 Å². The first kappa shape index (κ1) is 15.7. The third-order valence-electron chi connectivity index (χ3n) is 3.30. The van der Waals surface area contributed by atoms with Gasteiger partial charge in [0.2, 0.25) is 0 Å². The second-order valence-corrected chi connectivity index (χ2v) is 5.13. The third-order valence-corrected chi connectivity index (χ3v) is 3.30. The molecule has 0 radical (unpaired) electrons. The number of imidazole rings is 1. The van der Waals surface area contributed by atoms with E-state index in [-0.39, 0.29) is 12.6 Å². The smallest absolute Gasteiger partial charge is 0.325 e. The molecular weight excluding hydrogens is 294 g/mol. The first-order valence-corrected chi connectivity index (χ1v) is 6.78. The van der Waals surface area contributed by atoms with Crippen LogP contribution in [0.3, 0.4) is 0 Å². The molecule has 0 spiro atoms. The summed E-state index contributed by atoms with van der Waals surface area (Å²) < 4.78 is 4.06. The summed E-state index contributed by atoms with van der Waals surface area (Å²) in [6.07, 6.45) is 1.80. The summed E-state index contributed by atoms with van der Waals surface area (Å²) in [5, 5.41) is 9.24. The van der Waals surface area contributed by atoms with Gasteiger partial charge in [0.25, 0.3) is 10.6 Å². The minimum atomic E-state index is -0.860. The van der Waals surface area contributed by atoms with Gasteiger partial charge in [-0.25, -0.2) is 9.78 Å². The minimum Gasteiger partial charge on any atom is -0.325 e. The van der Waals surface area contributed by atoms with E-state index in [0.29, 0.717) is 24.1 Å². The molecule has 0 amide bonds. The van der Waals surface area contributed by atoms with Crippen molar-refractivity contribution >= 4 is 11.2 Å².